The minimum absolute atomic E-state index is 0.00867. The number of ether oxygens (including phenoxy) is 1. The molecular formula is C28H25ClFN5O4S2. The molecule has 0 unspecified atom stereocenters. The van der Waals surface area contributed by atoms with Crippen molar-refractivity contribution in [3.63, 3.8) is 0 Å². The third kappa shape index (κ3) is 6.61. The highest BCUT2D eigenvalue weighted by Crippen LogP contribution is 2.39. The Morgan fingerprint density at radius 3 is 2.76 bits per heavy atom. The first-order valence-electron chi connectivity index (χ1n) is 12.8. The minimum atomic E-state index is -0.516. The predicted molar refractivity (Wildman–Crippen MR) is 156 cm³/mol. The summed E-state index contributed by atoms with van der Waals surface area (Å²) in [5, 5.41) is 15.5. The Morgan fingerprint density at radius 1 is 1.15 bits per heavy atom. The van der Waals surface area contributed by atoms with Gasteiger partial charge in [0.05, 0.1) is 30.2 Å². The zero-order chi connectivity index (χ0) is 28.9. The fourth-order valence-electron chi connectivity index (χ4n) is 4.48. The van der Waals surface area contributed by atoms with Gasteiger partial charge in [0.2, 0.25) is 5.91 Å². The molecule has 2 heterocycles. The first-order chi connectivity index (χ1) is 19.8. The molecule has 13 heteroatoms. The fraction of sp³-hybridized carbons (Fsp3) is 0.250. The number of thiophene rings is 1. The number of nitrogens with one attached hydrogen (secondary N) is 2. The summed E-state index contributed by atoms with van der Waals surface area (Å²) >= 11 is 8.79. The predicted octanol–water partition coefficient (Wildman–Crippen LogP) is 5.45. The number of rotatable bonds is 10. The summed E-state index contributed by atoms with van der Waals surface area (Å²) in [5.41, 5.74) is 2.22. The molecule has 0 radical (unpaired) electrons. The Kier molecular flexibility index (Phi) is 9.01. The second kappa shape index (κ2) is 12.8. The number of hydrogen-bond donors (Lipinski definition) is 2. The van der Waals surface area contributed by atoms with Crippen LogP contribution in [0.25, 0.3) is 5.69 Å². The zero-order valence-electron chi connectivity index (χ0n) is 21.9. The summed E-state index contributed by atoms with van der Waals surface area (Å²) in [6.07, 6.45) is 2.63. The van der Waals surface area contributed by atoms with E-state index < -0.39 is 17.7 Å². The van der Waals surface area contributed by atoms with Crippen LogP contribution >= 0.6 is 34.7 Å². The van der Waals surface area contributed by atoms with Crippen LogP contribution < -0.4 is 10.6 Å². The van der Waals surface area contributed by atoms with Crippen LogP contribution in [0.4, 0.5) is 9.39 Å². The van der Waals surface area contributed by atoms with E-state index >= 15 is 0 Å². The maximum Gasteiger partial charge on any atom is 0.341 e. The molecule has 0 saturated carbocycles. The Balaban J connectivity index is 1.32. The number of anilines is 1. The maximum atomic E-state index is 13.6. The number of nitrogens with zero attached hydrogens (tertiary/aromatic N) is 3. The van der Waals surface area contributed by atoms with Gasteiger partial charge in [-0.1, -0.05) is 35.5 Å². The van der Waals surface area contributed by atoms with Crippen molar-refractivity contribution in [3.8, 4) is 5.69 Å². The van der Waals surface area contributed by atoms with Gasteiger partial charge in [-0.25, -0.2) is 9.18 Å². The van der Waals surface area contributed by atoms with E-state index in [1.165, 1.54) is 29.5 Å². The van der Waals surface area contributed by atoms with Gasteiger partial charge >= 0.3 is 5.97 Å². The van der Waals surface area contributed by atoms with E-state index in [4.69, 9.17) is 16.3 Å². The quantitative estimate of drug-likeness (QED) is 0.181. The summed E-state index contributed by atoms with van der Waals surface area (Å²) in [7, 11) is 0. The molecule has 212 valence electrons. The number of fused-ring (bicyclic) bond motifs is 1. The number of carbonyl (C=O) groups excluding carboxylic acids is 3. The van der Waals surface area contributed by atoms with Crippen LogP contribution in [0, 0.1) is 5.82 Å². The maximum absolute atomic E-state index is 13.6. The largest absolute Gasteiger partial charge is 0.462 e. The average molecular weight is 614 g/mol. The molecule has 41 heavy (non-hydrogen) atoms. The first kappa shape index (κ1) is 28.8. The summed E-state index contributed by atoms with van der Waals surface area (Å²) in [6.45, 7) is 1.98. The highest BCUT2D eigenvalue weighted by molar-refractivity contribution is 7.99. The van der Waals surface area contributed by atoms with Crippen molar-refractivity contribution in [1.29, 1.82) is 0 Å². The fourth-order valence-corrected chi connectivity index (χ4v) is 6.73. The van der Waals surface area contributed by atoms with Gasteiger partial charge in [0.15, 0.2) is 11.0 Å². The Morgan fingerprint density at radius 2 is 1.98 bits per heavy atom. The first-order valence-corrected chi connectivity index (χ1v) is 15.0. The van der Waals surface area contributed by atoms with E-state index in [2.05, 4.69) is 20.8 Å². The molecule has 2 aromatic carbocycles. The van der Waals surface area contributed by atoms with Crippen molar-refractivity contribution in [2.45, 2.75) is 37.9 Å². The van der Waals surface area contributed by atoms with E-state index in [0.29, 0.717) is 32.3 Å². The number of benzene rings is 2. The Labute approximate surface area is 248 Å². The van der Waals surface area contributed by atoms with Crippen molar-refractivity contribution >= 4 is 57.5 Å². The molecule has 0 aliphatic heterocycles. The third-order valence-corrected chi connectivity index (χ3v) is 8.62. The van der Waals surface area contributed by atoms with Crippen molar-refractivity contribution < 1.29 is 23.5 Å². The van der Waals surface area contributed by atoms with Gasteiger partial charge in [0, 0.05) is 15.5 Å². The molecule has 1 aliphatic carbocycles. The van der Waals surface area contributed by atoms with Gasteiger partial charge in [0.25, 0.3) is 5.91 Å². The highest BCUT2D eigenvalue weighted by Gasteiger charge is 2.28. The monoisotopic (exact) mass is 613 g/mol. The van der Waals surface area contributed by atoms with Gasteiger partial charge in [-0.2, -0.15) is 0 Å². The van der Waals surface area contributed by atoms with Crippen molar-refractivity contribution in [2.75, 3.05) is 17.7 Å². The van der Waals surface area contributed by atoms with Crippen LogP contribution in [0.5, 0.6) is 0 Å². The van der Waals surface area contributed by atoms with E-state index in [9.17, 15) is 18.8 Å². The number of thioether (sulfide) groups is 1. The SMILES string of the molecule is CCOC(=O)c1c(NC(=O)CSc2nnc(CNC(=O)c3cccc(F)c3)n2-c2cccc(Cl)c2)sc2c1CCC2. The molecule has 2 aromatic heterocycles. The number of halogens is 2. The van der Waals surface area contributed by atoms with E-state index in [-0.39, 0.29) is 30.4 Å². The molecule has 2 amide bonds. The number of aromatic nitrogens is 3. The van der Waals surface area contributed by atoms with E-state index in [1.54, 1.807) is 35.8 Å². The number of carbonyl (C=O) groups is 3. The molecule has 2 N–H and O–H groups in total. The molecule has 0 atom stereocenters. The second-order valence-electron chi connectivity index (χ2n) is 9.03. The molecule has 9 nitrogen and oxygen atoms in total. The van der Waals surface area contributed by atoms with Crippen LogP contribution in [0.3, 0.4) is 0 Å². The van der Waals surface area contributed by atoms with Crippen LogP contribution in [0.2, 0.25) is 5.02 Å². The van der Waals surface area contributed by atoms with Gasteiger partial charge in [-0.05, 0) is 68.1 Å². The van der Waals surface area contributed by atoms with E-state index in [0.717, 1.165) is 47.5 Å². The summed E-state index contributed by atoms with van der Waals surface area (Å²) in [5.74, 6) is -1.36. The molecular weight excluding hydrogens is 589 g/mol. The van der Waals surface area contributed by atoms with Crippen LogP contribution in [-0.4, -0.2) is 44.9 Å². The molecule has 0 saturated heterocycles. The molecule has 1 aliphatic rings. The number of hydrogen-bond acceptors (Lipinski definition) is 8. The summed E-state index contributed by atoms with van der Waals surface area (Å²) in [4.78, 5) is 39.3. The summed E-state index contributed by atoms with van der Waals surface area (Å²) in [6, 6.07) is 12.4. The number of aryl methyl sites for hydroxylation is 1. The Bertz CT molecular complexity index is 1620. The number of amides is 2. The van der Waals surface area contributed by atoms with Gasteiger partial charge < -0.3 is 15.4 Å². The zero-order valence-corrected chi connectivity index (χ0v) is 24.3. The molecule has 0 bridgehead atoms. The lowest BCUT2D eigenvalue weighted by atomic mass is 10.1. The topological polar surface area (TPSA) is 115 Å². The average Bonchev–Trinajstić information content (AvgIpc) is 3.65. The molecule has 0 spiro atoms. The normalized spacial score (nSPS) is 12.2. The lowest BCUT2D eigenvalue weighted by Gasteiger charge is -2.12. The van der Waals surface area contributed by atoms with Gasteiger partial charge in [-0.15, -0.1) is 21.5 Å². The smallest absolute Gasteiger partial charge is 0.341 e. The molecule has 4 aromatic rings. The van der Waals surface area contributed by atoms with Gasteiger partial charge in [-0.3, -0.25) is 14.2 Å². The van der Waals surface area contributed by atoms with Crippen LogP contribution in [0.1, 0.15) is 50.3 Å². The standard InChI is InChI=1S/C28H25ClFN5O4S2/c1-2-39-27(38)24-20-10-5-11-21(20)41-26(24)32-23(36)15-40-28-34-33-22(35(28)19-9-4-7-17(29)13-19)14-31-25(37)16-6-3-8-18(30)12-16/h3-4,6-9,12-13H,2,5,10-11,14-15H2,1H3,(H,31,37)(H,32,36). The molecule has 0 fully saturated rings. The van der Waals surface area contributed by atoms with Crippen molar-refractivity contribution in [1.82, 2.24) is 20.1 Å². The summed E-state index contributed by atoms with van der Waals surface area (Å²) < 4.78 is 20.5. The molecule has 5 rings (SSSR count). The van der Waals surface area contributed by atoms with Gasteiger partial charge in [0.1, 0.15) is 10.8 Å². The minimum Gasteiger partial charge on any atom is -0.462 e. The van der Waals surface area contributed by atoms with Crippen molar-refractivity contribution in [3.05, 3.63) is 86.8 Å². The highest BCUT2D eigenvalue weighted by atomic mass is 35.5. The van der Waals surface area contributed by atoms with Crippen molar-refractivity contribution in [2.24, 2.45) is 0 Å². The van der Waals surface area contributed by atoms with Crippen LogP contribution in [0.15, 0.2) is 53.7 Å². The Hall–Kier alpha value is -3.74. The van der Waals surface area contributed by atoms with E-state index in [1.807, 2.05) is 0 Å². The second-order valence-corrected chi connectivity index (χ2v) is 11.5. The third-order valence-electron chi connectivity index (χ3n) is 6.25. The van der Waals surface area contributed by atoms with Crippen LogP contribution in [-0.2, 0) is 28.9 Å². The lowest BCUT2D eigenvalue weighted by Crippen LogP contribution is -2.24. The number of esters is 1. The lowest BCUT2D eigenvalue weighted by molar-refractivity contribution is -0.113.